The van der Waals surface area contributed by atoms with Crippen LogP contribution in [0, 0.1) is 0 Å². The maximum Gasteiger partial charge on any atom is 0.251 e. The molecular formula is C18H28ClN3O. The highest BCUT2D eigenvalue weighted by Gasteiger charge is 2.34. The molecule has 0 spiro atoms. The number of likely N-dealkylation sites (N-methyl/N-ethyl adjacent to an activating group) is 1. The Bertz CT molecular complexity index is 553. The molecule has 2 N–H and O–H groups in total. The number of hydrogen-bond donors (Lipinski definition) is 2. The molecule has 1 aromatic carbocycles. The molecule has 1 heterocycles. The van der Waals surface area contributed by atoms with Gasteiger partial charge in [0.15, 0.2) is 0 Å². The summed E-state index contributed by atoms with van der Waals surface area (Å²) in [5.41, 5.74) is 3.35. The number of halogens is 1. The summed E-state index contributed by atoms with van der Waals surface area (Å²) >= 11 is 0. The molecule has 0 atom stereocenters. The lowest BCUT2D eigenvalue weighted by atomic mass is 9.80. The molecule has 1 saturated carbocycles. The molecule has 5 heteroatoms. The van der Waals surface area contributed by atoms with Gasteiger partial charge in [-0.2, -0.15) is 0 Å². The number of fused-ring (bicyclic) bond motifs is 1. The number of rotatable bonds is 4. The van der Waals surface area contributed by atoms with E-state index in [4.69, 9.17) is 0 Å². The number of carbonyl (C=O) groups is 1. The standard InChI is InChI=1S/C18H27N3O.ClH/c1-21(2)18(9-4-3-5-10-18)13-20-17(22)15-6-7-16-14(12-15)8-11-19-16;/h6-7,12,19H,3-5,8-11,13H2,1-2H3,(H,20,22);1H. The zero-order chi connectivity index (χ0) is 15.6. The average molecular weight is 338 g/mol. The predicted octanol–water partition coefficient (Wildman–Crippen LogP) is 3.07. The minimum absolute atomic E-state index is 0. The summed E-state index contributed by atoms with van der Waals surface area (Å²) in [4.78, 5) is 14.8. The molecule has 0 bridgehead atoms. The molecule has 0 aromatic heterocycles. The Morgan fingerprint density at radius 1 is 1.26 bits per heavy atom. The van der Waals surface area contributed by atoms with Gasteiger partial charge in [0.25, 0.3) is 5.91 Å². The van der Waals surface area contributed by atoms with Gasteiger partial charge in [-0.05, 0) is 57.1 Å². The summed E-state index contributed by atoms with van der Waals surface area (Å²) in [6.45, 7) is 1.72. The normalized spacial score (nSPS) is 18.7. The Labute approximate surface area is 145 Å². The van der Waals surface area contributed by atoms with Crippen molar-refractivity contribution in [1.82, 2.24) is 10.2 Å². The van der Waals surface area contributed by atoms with Gasteiger partial charge in [-0.1, -0.05) is 19.3 Å². The highest BCUT2D eigenvalue weighted by Crippen LogP contribution is 2.31. The smallest absolute Gasteiger partial charge is 0.251 e. The van der Waals surface area contributed by atoms with Crippen molar-refractivity contribution < 1.29 is 4.79 Å². The average Bonchev–Trinajstić information content (AvgIpc) is 3.01. The number of nitrogens with one attached hydrogen (secondary N) is 2. The molecule has 1 aliphatic carbocycles. The molecule has 1 amide bonds. The van der Waals surface area contributed by atoms with E-state index in [-0.39, 0.29) is 23.9 Å². The van der Waals surface area contributed by atoms with Crippen LogP contribution in [0.2, 0.25) is 0 Å². The van der Waals surface area contributed by atoms with Crippen LogP contribution in [0.3, 0.4) is 0 Å². The fourth-order valence-corrected chi connectivity index (χ4v) is 3.78. The second kappa shape index (κ2) is 7.54. The fraction of sp³-hybridized carbons (Fsp3) is 0.611. The van der Waals surface area contributed by atoms with Gasteiger partial charge in [0, 0.05) is 29.9 Å². The van der Waals surface area contributed by atoms with Crippen LogP contribution in [0.25, 0.3) is 0 Å². The molecule has 1 aliphatic heterocycles. The highest BCUT2D eigenvalue weighted by molar-refractivity contribution is 5.95. The minimum atomic E-state index is 0. The van der Waals surface area contributed by atoms with Crippen LogP contribution < -0.4 is 10.6 Å². The monoisotopic (exact) mass is 337 g/mol. The van der Waals surface area contributed by atoms with Crippen LogP contribution in [-0.4, -0.2) is 43.5 Å². The number of benzene rings is 1. The van der Waals surface area contributed by atoms with E-state index in [1.165, 1.54) is 43.4 Å². The Hall–Kier alpha value is -1.26. The van der Waals surface area contributed by atoms with Gasteiger partial charge >= 0.3 is 0 Å². The molecule has 3 rings (SSSR count). The molecule has 1 aromatic rings. The third-order valence-corrected chi connectivity index (χ3v) is 5.39. The first kappa shape index (κ1) is 18.1. The van der Waals surface area contributed by atoms with E-state index in [1.54, 1.807) is 0 Å². The summed E-state index contributed by atoms with van der Waals surface area (Å²) in [7, 11) is 4.27. The van der Waals surface area contributed by atoms with Gasteiger partial charge in [-0.25, -0.2) is 0 Å². The van der Waals surface area contributed by atoms with E-state index in [2.05, 4.69) is 29.6 Å². The van der Waals surface area contributed by atoms with E-state index < -0.39 is 0 Å². The zero-order valence-corrected chi connectivity index (χ0v) is 15.0. The number of amides is 1. The molecule has 128 valence electrons. The molecule has 0 radical (unpaired) electrons. The molecular weight excluding hydrogens is 310 g/mol. The summed E-state index contributed by atoms with van der Waals surface area (Å²) in [5.74, 6) is 0.0569. The van der Waals surface area contributed by atoms with E-state index in [0.29, 0.717) is 0 Å². The number of nitrogens with zero attached hydrogens (tertiary/aromatic N) is 1. The van der Waals surface area contributed by atoms with E-state index >= 15 is 0 Å². The third-order valence-electron chi connectivity index (χ3n) is 5.39. The van der Waals surface area contributed by atoms with Crippen LogP contribution in [-0.2, 0) is 6.42 Å². The minimum Gasteiger partial charge on any atom is -0.384 e. The van der Waals surface area contributed by atoms with Gasteiger partial charge in [-0.15, -0.1) is 12.4 Å². The van der Waals surface area contributed by atoms with E-state index in [1.807, 2.05) is 18.2 Å². The lowest BCUT2D eigenvalue weighted by molar-refractivity contribution is 0.0799. The molecule has 0 unspecified atom stereocenters. The van der Waals surface area contributed by atoms with Crippen LogP contribution in [0.5, 0.6) is 0 Å². The maximum atomic E-state index is 12.5. The first-order valence-corrected chi connectivity index (χ1v) is 8.43. The van der Waals surface area contributed by atoms with Crippen molar-refractivity contribution in [3.63, 3.8) is 0 Å². The second-order valence-electron chi connectivity index (χ2n) is 6.91. The lowest BCUT2D eigenvalue weighted by Gasteiger charge is -2.43. The van der Waals surface area contributed by atoms with Gasteiger partial charge in [0.2, 0.25) is 0 Å². The first-order valence-electron chi connectivity index (χ1n) is 8.43. The van der Waals surface area contributed by atoms with Gasteiger partial charge < -0.3 is 15.5 Å². The highest BCUT2D eigenvalue weighted by atomic mass is 35.5. The van der Waals surface area contributed by atoms with Gasteiger partial charge in [0.05, 0.1) is 0 Å². The Kier molecular flexibility index (Phi) is 5.93. The van der Waals surface area contributed by atoms with Gasteiger partial charge in [-0.3, -0.25) is 4.79 Å². The summed E-state index contributed by atoms with van der Waals surface area (Å²) in [6.07, 6.45) is 7.21. The number of hydrogen-bond acceptors (Lipinski definition) is 3. The van der Waals surface area contributed by atoms with E-state index in [9.17, 15) is 4.79 Å². The van der Waals surface area contributed by atoms with Crippen molar-refractivity contribution in [3.05, 3.63) is 29.3 Å². The molecule has 0 saturated heterocycles. The summed E-state index contributed by atoms with van der Waals surface area (Å²) in [5, 5.41) is 6.51. The SMILES string of the molecule is CN(C)C1(CNC(=O)c2ccc3c(c2)CCN3)CCCCC1.Cl. The fourth-order valence-electron chi connectivity index (χ4n) is 3.78. The summed E-state index contributed by atoms with van der Waals surface area (Å²) in [6, 6.07) is 5.99. The lowest BCUT2D eigenvalue weighted by Crippen LogP contribution is -2.53. The van der Waals surface area contributed by atoms with Gasteiger partial charge in [0.1, 0.15) is 0 Å². The van der Waals surface area contributed by atoms with Crippen LogP contribution in [0.15, 0.2) is 18.2 Å². The van der Waals surface area contributed by atoms with Crippen LogP contribution >= 0.6 is 12.4 Å². The Morgan fingerprint density at radius 2 is 2.00 bits per heavy atom. The zero-order valence-electron chi connectivity index (χ0n) is 14.2. The van der Waals surface area contributed by atoms with E-state index in [0.717, 1.165) is 25.1 Å². The van der Waals surface area contributed by atoms with Crippen molar-refractivity contribution in [2.24, 2.45) is 0 Å². The molecule has 1 fully saturated rings. The second-order valence-corrected chi connectivity index (χ2v) is 6.91. The van der Waals surface area contributed by atoms with Crippen LogP contribution in [0.1, 0.15) is 48.0 Å². The molecule has 23 heavy (non-hydrogen) atoms. The topological polar surface area (TPSA) is 44.4 Å². The predicted molar refractivity (Wildman–Crippen MR) is 97.7 cm³/mol. The number of carbonyl (C=O) groups excluding carboxylic acids is 1. The molecule has 2 aliphatic rings. The van der Waals surface area contributed by atoms with Crippen molar-refractivity contribution in [2.45, 2.75) is 44.1 Å². The van der Waals surface area contributed by atoms with Crippen molar-refractivity contribution in [2.75, 3.05) is 32.5 Å². The largest absolute Gasteiger partial charge is 0.384 e. The van der Waals surface area contributed by atoms with Crippen molar-refractivity contribution in [1.29, 1.82) is 0 Å². The molecule has 4 nitrogen and oxygen atoms in total. The number of anilines is 1. The Balaban J connectivity index is 0.00000192. The van der Waals surface area contributed by atoms with Crippen LogP contribution in [0.4, 0.5) is 5.69 Å². The quantitative estimate of drug-likeness (QED) is 0.887. The van der Waals surface area contributed by atoms with Crippen molar-refractivity contribution in [3.8, 4) is 0 Å². The third kappa shape index (κ3) is 3.81. The maximum absolute atomic E-state index is 12.5. The summed E-state index contributed by atoms with van der Waals surface area (Å²) < 4.78 is 0. The first-order chi connectivity index (χ1) is 10.6. The Morgan fingerprint density at radius 3 is 2.70 bits per heavy atom. The van der Waals surface area contributed by atoms with Crippen molar-refractivity contribution >= 4 is 24.0 Å².